The fourth-order valence-corrected chi connectivity index (χ4v) is 1.78. The van der Waals surface area contributed by atoms with E-state index >= 15 is 0 Å². The molecule has 2 N–H and O–H groups in total. The van der Waals surface area contributed by atoms with Crippen LogP contribution in [0, 0.1) is 11.8 Å². The lowest BCUT2D eigenvalue weighted by atomic mass is 9.94. The van der Waals surface area contributed by atoms with E-state index in [1.807, 2.05) is 0 Å². The number of amides is 1. The van der Waals surface area contributed by atoms with Crippen LogP contribution < -0.4 is 5.32 Å². The van der Waals surface area contributed by atoms with Crippen LogP contribution in [0.15, 0.2) is 0 Å². The van der Waals surface area contributed by atoms with Crippen molar-refractivity contribution in [2.24, 2.45) is 11.8 Å². The Morgan fingerprint density at radius 3 is 2.50 bits per heavy atom. The Kier molecular flexibility index (Phi) is 4.73. The summed E-state index contributed by atoms with van der Waals surface area (Å²) < 4.78 is 0. The summed E-state index contributed by atoms with van der Waals surface area (Å²) in [6.45, 7) is 6.39. The van der Waals surface area contributed by atoms with E-state index < -0.39 is 17.8 Å². The van der Waals surface area contributed by atoms with Crippen LogP contribution in [0.5, 0.6) is 0 Å². The predicted octanol–water partition coefficient (Wildman–Crippen LogP) is 0.165. The fourth-order valence-electron chi connectivity index (χ4n) is 1.78. The molecular weight excluding hydrogens is 208 g/mol. The average molecular weight is 228 g/mol. The van der Waals surface area contributed by atoms with E-state index in [4.69, 9.17) is 5.11 Å². The van der Waals surface area contributed by atoms with E-state index in [9.17, 15) is 9.59 Å². The van der Waals surface area contributed by atoms with E-state index in [0.29, 0.717) is 6.54 Å². The molecule has 0 saturated carbocycles. The normalized spacial score (nSPS) is 21.0. The molecule has 5 heteroatoms. The van der Waals surface area contributed by atoms with E-state index in [-0.39, 0.29) is 5.91 Å². The quantitative estimate of drug-likeness (QED) is 0.722. The molecule has 0 aromatic rings. The molecular formula is C11H20N2O3. The Balaban J connectivity index is 2.57. The molecule has 0 spiro atoms. The lowest BCUT2D eigenvalue weighted by Crippen LogP contribution is -2.40. The Morgan fingerprint density at radius 1 is 1.19 bits per heavy atom. The molecule has 2 atom stereocenters. The van der Waals surface area contributed by atoms with Crippen LogP contribution in [0.2, 0.25) is 0 Å². The molecule has 1 rings (SSSR count). The van der Waals surface area contributed by atoms with Gasteiger partial charge >= 0.3 is 5.97 Å². The molecule has 1 amide bonds. The van der Waals surface area contributed by atoms with Gasteiger partial charge in [0.15, 0.2) is 0 Å². The topological polar surface area (TPSA) is 69.6 Å². The van der Waals surface area contributed by atoms with Crippen molar-refractivity contribution in [2.45, 2.75) is 20.3 Å². The van der Waals surface area contributed by atoms with Gasteiger partial charge < -0.3 is 15.3 Å². The van der Waals surface area contributed by atoms with E-state index in [1.54, 1.807) is 18.7 Å². The second-order valence-corrected chi connectivity index (χ2v) is 4.34. The van der Waals surface area contributed by atoms with Gasteiger partial charge in [-0.1, -0.05) is 13.8 Å². The Hall–Kier alpha value is -1.10. The summed E-state index contributed by atoms with van der Waals surface area (Å²) in [5, 5.41) is 12.1. The number of carbonyl (C=O) groups is 2. The number of carboxylic acids is 1. The maximum atomic E-state index is 12.0. The summed E-state index contributed by atoms with van der Waals surface area (Å²) in [6, 6.07) is 0. The molecule has 0 radical (unpaired) electrons. The lowest BCUT2D eigenvalue weighted by Gasteiger charge is -2.25. The van der Waals surface area contributed by atoms with Gasteiger partial charge in [0.2, 0.25) is 5.91 Å². The fraction of sp³-hybridized carbons (Fsp3) is 0.818. The first-order chi connectivity index (χ1) is 7.54. The third-order valence-corrected chi connectivity index (χ3v) is 3.18. The summed E-state index contributed by atoms with van der Waals surface area (Å²) >= 11 is 0. The van der Waals surface area contributed by atoms with Gasteiger partial charge in [-0.3, -0.25) is 9.59 Å². The van der Waals surface area contributed by atoms with Crippen LogP contribution in [0.1, 0.15) is 20.3 Å². The number of carboxylic acid groups (broad SMARTS) is 1. The minimum Gasteiger partial charge on any atom is -0.481 e. The smallest absolute Gasteiger partial charge is 0.307 e. The number of carbonyl (C=O) groups excluding carboxylic acids is 1. The van der Waals surface area contributed by atoms with E-state index in [2.05, 4.69) is 5.32 Å². The average Bonchev–Trinajstić information content (AvgIpc) is 2.54. The number of hydrogen-bond donors (Lipinski definition) is 2. The van der Waals surface area contributed by atoms with E-state index in [0.717, 1.165) is 26.1 Å². The van der Waals surface area contributed by atoms with Crippen LogP contribution in [0.4, 0.5) is 0 Å². The number of aliphatic carboxylic acids is 1. The van der Waals surface area contributed by atoms with Crippen molar-refractivity contribution in [3.05, 3.63) is 0 Å². The van der Waals surface area contributed by atoms with Gasteiger partial charge in [0.05, 0.1) is 5.92 Å². The SMILES string of the molecule is CC(C(=O)O)C(C)C(=O)N1CCCNCC1. The number of hydrogen-bond acceptors (Lipinski definition) is 3. The number of nitrogens with one attached hydrogen (secondary N) is 1. The highest BCUT2D eigenvalue weighted by atomic mass is 16.4. The molecule has 0 bridgehead atoms. The zero-order chi connectivity index (χ0) is 12.1. The molecule has 1 saturated heterocycles. The molecule has 1 aliphatic rings. The molecule has 1 aliphatic heterocycles. The first-order valence-corrected chi connectivity index (χ1v) is 5.76. The lowest BCUT2D eigenvalue weighted by molar-refractivity contribution is -0.149. The van der Waals surface area contributed by atoms with Crippen molar-refractivity contribution in [3.8, 4) is 0 Å². The van der Waals surface area contributed by atoms with Crippen LogP contribution in [-0.2, 0) is 9.59 Å². The van der Waals surface area contributed by atoms with E-state index in [1.165, 1.54) is 0 Å². The highest BCUT2D eigenvalue weighted by Gasteiger charge is 2.29. The summed E-state index contributed by atoms with van der Waals surface area (Å²) in [7, 11) is 0. The third-order valence-electron chi connectivity index (χ3n) is 3.18. The summed E-state index contributed by atoms with van der Waals surface area (Å²) in [6.07, 6.45) is 0.930. The first kappa shape index (κ1) is 13.0. The van der Waals surface area contributed by atoms with Gasteiger partial charge in [-0.25, -0.2) is 0 Å². The van der Waals surface area contributed by atoms with Crippen LogP contribution >= 0.6 is 0 Å². The largest absolute Gasteiger partial charge is 0.481 e. The minimum absolute atomic E-state index is 0.0430. The summed E-state index contributed by atoms with van der Waals surface area (Å²) in [5.41, 5.74) is 0. The maximum absolute atomic E-state index is 12.0. The second kappa shape index (κ2) is 5.84. The Bertz CT molecular complexity index is 260. The van der Waals surface area contributed by atoms with Gasteiger partial charge in [-0.2, -0.15) is 0 Å². The van der Waals surface area contributed by atoms with Gasteiger partial charge in [0.25, 0.3) is 0 Å². The zero-order valence-electron chi connectivity index (χ0n) is 9.90. The molecule has 0 aromatic heterocycles. The van der Waals surface area contributed by atoms with Crippen molar-refractivity contribution in [1.29, 1.82) is 0 Å². The van der Waals surface area contributed by atoms with Crippen molar-refractivity contribution in [2.75, 3.05) is 26.2 Å². The van der Waals surface area contributed by atoms with Crippen molar-refractivity contribution < 1.29 is 14.7 Å². The molecule has 2 unspecified atom stereocenters. The summed E-state index contributed by atoms with van der Waals surface area (Å²) in [5.74, 6) is -2.02. The molecule has 0 aliphatic carbocycles. The monoisotopic (exact) mass is 228 g/mol. The number of rotatable bonds is 3. The van der Waals surface area contributed by atoms with Crippen LogP contribution in [-0.4, -0.2) is 48.1 Å². The minimum atomic E-state index is -0.909. The molecule has 5 nitrogen and oxygen atoms in total. The molecule has 1 fully saturated rings. The van der Waals surface area contributed by atoms with Crippen molar-refractivity contribution in [3.63, 3.8) is 0 Å². The molecule has 16 heavy (non-hydrogen) atoms. The van der Waals surface area contributed by atoms with Crippen LogP contribution in [0.25, 0.3) is 0 Å². The maximum Gasteiger partial charge on any atom is 0.307 e. The molecule has 1 heterocycles. The highest BCUT2D eigenvalue weighted by molar-refractivity contribution is 5.84. The van der Waals surface area contributed by atoms with Gasteiger partial charge in [-0.15, -0.1) is 0 Å². The zero-order valence-corrected chi connectivity index (χ0v) is 9.90. The highest BCUT2D eigenvalue weighted by Crippen LogP contribution is 2.15. The number of nitrogens with zero attached hydrogens (tertiary/aromatic N) is 1. The standard InChI is InChI=1S/C11H20N2O3/c1-8(9(2)11(15)16)10(14)13-6-3-4-12-5-7-13/h8-9,12H,3-7H2,1-2H3,(H,15,16). The van der Waals surface area contributed by atoms with Gasteiger partial charge in [-0.05, 0) is 13.0 Å². The van der Waals surface area contributed by atoms with Gasteiger partial charge in [0, 0.05) is 25.6 Å². The predicted molar refractivity (Wildman–Crippen MR) is 60.0 cm³/mol. The molecule has 0 aromatic carbocycles. The second-order valence-electron chi connectivity index (χ2n) is 4.34. The molecule has 92 valence electrons. The van der Waals surface area contributed by atoms with Crippen molar-refractivity contribution in [1.82, 2.24) is 10.2 Å². The Morgan fingerprint density at radius 2 is 1.88 bits per heavy atom. The first-order valence-electron chi connectivity index (χ1n) is 5.76. The Labute approximate surface area is 95.8 Å². The third kappa shape index (κ3) is 3.20. The summed E-state index contributed by atoms with van der Waals surface area (Å²) in [4.78, 5) is 24.6. The van der Waals surface area contributed by atoms with Crippen molar-refractivity contribution >= 4 is 11.9 Å². The van der Waals surface area contributed by atoms with Gasteiger partial charge in [0.1, 0.15) is 0 Å². The van der Waals surface area contributed by atoms with Crippen LogP contribution in [0.3, 0.4) is 0 Å².